The summed E-state index contributed by atoms with van der Waals surface area (Å²) in [7, 11) is 0. The summed E-state index contributed by atoms with van der Waals surface area (Å²) in [4.78, 5) is 139. The molecule has 1 fully saturated rings. The number of likely N-dealkylation sites (tertiary alicyclic amines) is 1. The lowest BCUT2D eigenvalue weighted by molar-refractivity contribution is -0.144. The van der Waals surface area contributed by atoms with Crippen LogP contribution in [0.3, 0.4) is 0 Å². The number of hydrogen-bond donors (Lipinski definition) is 14. The van der Waals surface area contributed by atoms with Gasteiger partial charge in [0.2, 0.25) is 53.2 Å². The molecule has 0 bridgehead atoms. The van der Waals surface area contributed by atoms with Crippen LogP contribution in [0.1, 0.15) is 82.6 Å². The van der Waals surface area contributed by atoms with E-state index in [1.807, 2.05) is 0 Å². The van der Waals surface area contributed by atoms with Crippen molar-refractivity contribution < 1.29 is 53.1 Å². The first kappa shape index (κ1) is 56.5. The van der Waals surface area contributed by atoms with E-state index in [-0.39, 0.29) is 109 Å². The largest absolute Gasteiger partial charge is 0.480 e. The Morgan fingerprint density at radius 3 is 1.53 bits per heavy atom. The molecule has 27 heteroatoms. The van der Waals surface area contributed by atoms with E-state index in [2.05, 4.69) is 36.6 Å². The van der Waals surface area contributed by atoms with Gasteiger partial charge in [0, 0.05) is 45.3 Å². The Labute approximate surface area is 392 Å². The Hall–Kier alpha value is -7.58. The number of hydrogen-bond acceptors (Lipinski definition) is 13. The van der Waals surface area contributed by atoms with Crippen molar-refractivity contribution in [3.05, 3.63) is 35.9 Å². The Morgan fingerprint density at radius 1 is 0.588 bits per heavy atom. The summed E-state index contributed by atoms with van der Waals surface area (Å²) in [6, 6.07) is -1.05. The van der Waals surface area contributed by atoms with Crippen molar-refractivity contribution in [1.82, 2.24) is 31.5 Å². The van der Waals surface area contributed by atoms with Gasteiger partial charge in [0.25, 0.3) is 0 Å². The fourth-order valence-electron chi connectivity index (χ4n) is 6.99. The Morgan fingerprint density at radius 2 is 1.03 bits per heavy atom. The molecule has 0 saturated carbocycles. The molecule has 1 aromatic rings. The van der Waals surface area contributed by atoms with Crippen LogP contribution in [0.25, 0.3) is 0 Å². The number of benzene rings is 1. The van der Waals surface area contributed by atoms with Gasteiger partial charge >= 0.3 is 5.97 Å². The van der Waals surface area contributed by atoms with E-state index in [1.165, 1.54) is 4.90 Å². The smallest absolute Gasteiger partial charge is 0.326 e. The molecule has 7 atom stereocenters. The number of rotatable bonds is 31. The standard InChI is InChI=1S/C41H66N16O11/c42-23(12-15-30(43)58)33(61)52-25(13-16-31(44)59)35(63)53-24(9-4-18-50-40(46)47)34(62)56-28(21-22-7-2-1-3-8-22)38(66)57-20-6-11-29(57)37(65)54-26(14-17-32(45)60)36(64)55-27(39(67)68)10-5-19-51-41(48)49/h1-3,7-8,23-29H,4-6,9-21,42H2,(H2,43,58)(H2,44,59)(H2,45,60)(H,52,61)(H,53,63)(H,54,65)(H,55,64)(H,56,62)(H,67,68)(H4,46,47,50)(H4,48,49,51). The predicted molar refractivity (Wildman–Crippen MR) is 245 cm³/mol. The highest BCUT2D eigenvalue weighted by molar-refractivity contribution is 5.97. The zero-order valence-corrected chi connectivity index (χ0v) is 37.7. The number of primary amides is 3. The van der Waals surface area contributed by atoms with Crippen molar-refractivity contribution in [1.29, 1.82) is 0 Å². The molecular weight excluding hydrogens is 893 g/mol. The summed E-state index contributed by atoms with van der Waals surface area (Å²) in [5, 5.41) is 22.4. The van der Waals surface area contributed by atoms with Crippen LogP contribution in [0.5, 0.6) is 0 Å². The summed E-state index contributed by atoms with van der Waals surface area (Å²) >= 11 is 0. The number of nitrogens with one attached hydrogen (secondary N) is 5. The number of nitrogens with zero attached hydrogens (tertiary/aromatic N) is 3. The first-order valence-electron chi connectivity index (χ1n) is 21.9. The maximum Gasteiger partial charge on any atom is 0.326 e. The third-order valence-electron chi connectivity index (χ3n) is 10.5. The molecule has 0 spiro atoms. The van der Waals surface area contributed by atoms with Crippen molar-refractivity contribution >= 4 is 71.1 Å². The van der Waals surface area contributed by atoms with Crippen LogP contribution in [-0.2, 0) is 54.4 Å². The molecule has 1 heterocycles. The van der Waals surface area contributed by atoms with Gasteiger partial charge in [-0.15, -0.1) is 0 Å². The minimum absolute atomic E-state index is 0.0182. The quantitative estimate of drug-likeness (QED) is 0.0187. The minimum atomic E-state index is -1.46. The van der Waals surface area contributed by atoms with Crippen LogP contribution in [0, 0.1) is 0 Å². The molecule has 22 N–H and O–H groups in total. The van der Waals surface area contributed by atoms with Gasteiger partial charge in [-0.1, -0.05) is 30.3 Å². The van der Waals surface area contributed by atoms with Crippen molar-refractivity contribution in [3.8, 4) is 0 Å². The van der Waals surface area contributed by atoms with Crippen LogP contribution in [0.4, 0.5) is 0 Å². The van der Waals surface area contributed by atoms with E-state index in [9.17, 15) is 53.1 Å². The van der Waals surface area contributed by atoms with Crippen LogP contribution in [0.2, 0.25) is 0 Å². The molecule has 68 heavy (non-hydrogen) atoms. The zero-order chi connectivity index (χ0) is 50.9. The highest BCUT2D eigenvalue weighted by Gasteiger charge is 2.40. The number of aliphatic imine (C=N–C) groups is 2. The first-order valence-corrected chi connectivity index (χ1v) is 21.9. The number of amides is 9. The summed E-state index contributed by atoms with van der Waals surface area (Å²) in [5.74, 6) is -9.28. The summed E-state index contributed by atoms with van der Waals surface area (Å²) < 4.78 is 0. The number of carboxylic acid groups (broad SMARTS) is 1. The number of carboxylic acids is 1. The molecule has 1 aromatic carbocycles. The van der Waals surface area contributed by atoms with E-state index >= 15 is 0 Å². The van der Waals surface area contributed by atoms with Gasteiger partial charge < -0.3 is 82.5 Å². The predicted octanol–water partition coefficient (Wildman–Crippen LogP) is -6.04. The summed E-state index contributed by atoms with van der Waals surface area (Å²) in [6.45, 7) is 0.130. The van der Waals surface area contributed by atoms with Gasteiger partial charge in [0.15, 0.2) is 11.9 Å². The van der Waals surface area contributed by atoms with Crippen LogP contribution in [0.15, 0.2) is 40.3 Å². The Kier molecular flexibility index (Phi) is 24.2. The van der Waals surface area contributed by atoms with Crippen LogP contribution >= 0.6 is 0 Å². The molecule has 1 saturated heterocycles. The number of nitrogens with two attached hydrogens (primary N) is 8. The summed E-state index contributed by atoms with van der Waals surface area (Å²) in [6.07, 6.45) is -1.32. The Balaban J connectivity index is 2.44. The molecule has 7 unspecified atom stereocenters. The molecule has 0 radical (unpaired) electrons. The van der Waals surface area contributed by atoms with Gasteiger partial charge in [-0.2, -0.15) is 0 Å². The molecule has 1 aliphatic rings. The van der Waals surface area contributed by atoms with Gasteiger partial charge in [0.1, 0.15) is 36.3 Å². The van der Waals surface area contributed by atoms with Gasteiger partial charge in [-0.05, 0) is 63.4 Å². The Bertz CT molecular complexity index is 2000. The highest BCUT2D eigenvalue weighted by atomic mass is 16.4. The fourth-order valence-corrected chi connectivity index (χ4v) is 6.99. The highest BCUT2D eigenvalue weighted by Crippen LogP contribution is 2.21. The van der Waals surface area contributed by atoms with E-state index in [1.54, 1.807) is 30.3 Å². The second kappa shape index (κ2) is 29.1. The zero-order valence-electron chi connectivity index (χ0n) is 37.7. The lowest BCUT2D eigenvalue weighted by Crippen LogP contribution is -2.60. The van der Waals surface area contributed by atoms with Crippen LogP contribution in [-0.4, -0.2) is 143 Å². The SMILES string of the molecule is NC(=O)CCC(N)C(=O)NC(CCC(N)=O)C(=O)NC(CCCN=C(N)N)C(=O)NC(Cc1ccccc1)C(=O)N1CCCC1C(=O)NC(CCC(N)=O)C(=O)NC(CCCN=C(N)N)C(=O)O. The molecule has 1 aliphatic heterocycles. The number of carbonyl (C=O) groups excluding carboxylic acids is 9. The van der Waals surface area contributed by atoms with Crippen molar-refractivity contribution in [3.63, 3.8) is 0 Å². The molecule has 2 rings (SSSR count). The number of aliphatic carboxylic acids is 1. The van der Waals surface area contributed by atoms with Gasteiger partial charge in [0.05, 0.1) is 6.04 Å². The van der Waals surface area contributed by atoms with Gasteiger partial charge in [-0.25, -0.2) is 4.79 Å². The monoisotopic (exact) mass is 959 g/mol. The minimum Gasteiger partial charge on any atom is -0.480 e. The topological polar surface area (TPSA) is 487 Å². The lowest BCUT2D eigenvalue weighted by Gasteiger charge is -2.31. The van der Waals surface area contributed by atoms with E-state index in [0.717, 1.165) is 0 Å². The van der Waals surface area contributed by atoms with E-state index in [4.69, 9.17) is 45.9 Å². The first-order chi connectivity index (χ1) is 32.1. The van der Waals surface area contributed by atoms with Crippen LogP contribution < -0.4 is 72.5 Å². The molecule has 376 valence electrons. The molecule has 9 amide bonds. The van der Waals surface area contributed by atoms with Crippen molar-refractivity contribution in [2.24, 2.45) is 55.9 Å². The fraction of sp³-hybridized carbons (Fsp3) is 0.561. The third kappa shape index (κ3) is 21.2. The second-order valence-corrected chi connectivity index (χ2v) is 16.0. The van der Waals surface area contributed by atoms with E-state index in [0.29, 0.717) is 12.0 Å². The molecule has 27 nitrogen and oxygen atoms in total. The average molecular weight is 959 g/mol. The number of carbonyl (C=O) groups is 10. The molecular formula is C41H66N16O11. The second-order valence-electron chi connectivity index (χ2n) is 16.0. The molecule has 0 aliphatic carbocycles. The number of guanidine groups is 2. The van der Waals surface area contributed by atoms with Crippen molar-refractivity contribution in [2.45, 2.75) is 126 Å². The maximum absolute atomic E-state index is 14.6. The molecule has 0 aromatic heterocycles. The third-order valence-corrected chi connectivity index (χ3v) is 10.5. The van der Waals surface area contributed by atoms with E-state index < -0.39 is 101 Å². The maximum atomic E-state index is 14.6. The van der Waals surface area contributed by atoms with Crippen molar-refractivity contribution in [2.75, 3.05) is 19.6 Å². The van der Waals surface area contributed by atoms with Gasteiger partial charge in [-0.3, -0.25) is 53.1 Å². The average Bonchev–Trinajstić information content (AvgIpc) is 3.77. The lowest BCUT2D eigenvalue weighted by atomic mass is 10.0. The summed E-state index contributed by atoms with van der Waals surface area (Å²) in [5.41, 5.74) is 43.9. The normalized spacial score (nSPS) is 15.7.